The Labute approximate surface area is 84.3 Å². The van der Waals surface area contributed by atoms with Gasteiger partial charge in [-0.3, -0.25) is 4.79 Å². The van der Waals surface area contributed by atoms with Crippen LogP contribution in [0.25, 0.3) is 0 Å². The maximum Gasteiger partial charge on any atom is 0.454 e. The molecule has 5 heteroatoms. The van der Waals surface area contributed by atoms with Gasteiger partial charge in [-0.2, -0.15) is 13.2 Å². The summed E-state index contributed by atoms with van der Waals surface area (Å²) in [5.74, 6) is -1.90. The van der Waals surface area contributed by atoms with Gasteiger partial charge >= 0.3 is 6.18 Å². The zero-order valence-corrected chi connectivity index (χ0v) is 7.88. The van der Waals surface area contributed by atoms with E-state index >= 15 is 0 Å². The van der Waals surface area contributed by atoms with E-state index in [1.54, 1.807) is 0 Å². The van der Waals surface area contributed by atoms with Crippen LogP contribution in [0, 0.1) is 0 Å². The third-order valence-electron chi connectivity index (χ3n) is 1.89. The van der Waals surface area contributed by atoms with Gasteiger partial charge in [-0.1, -0.05) is 18.2 Å². The zero-order chi connectivity index (χ0) is 11.6. The molecule has 15 heavy (non-hydrogen) atoms. The third kappa shape index (κ3) is 2.79. The smallest absolute Gasteiger partial charge is 0.389 e. The van der Waals surface area contributed by atoms with Gasteiger partial charge in [-0.25, -0.2) is 0 Å². The van der Waals surface area contributed by atoms with Gasteiger partial charge in [0.25, 0.3) is 5.78 Å². The van der Waals surface area contributed by atoms with Crippen molar-refractivity contribution in [2.75, 3.05) is 0 Å². The van der Waals surface area contributed by atoms with E-state index in [1.807, 2.05) is 0 Å². The zero-order valence-electron chi connectivity index (χ0n) is 7.88. The standard InChI is InChI=1S/C10H9F3O2/c1-6(14)7-3-2-4-8(5-7)9(15)10(11,12)13/h2-6,14H,1H3. The second-order valence-electron chi connectivity index (χ2n) is 3.13. The molecule has 0 aromatic heterocycles. The highest BCUT2D eigenvalue weighted by Gasteiger charge is 2.39. The summed E-state index contributed by atoms with van der Waals surface area (Å²) in [6, 6.07) is 4.88. The predicted octanol–water partition coefficient (Wildman–Crippen LogP) is 2.48. The lowest BCUT2D eigenvalue weighted by atomic mass is 10.0. The summed E-state index contributed by atoms with van der Waals surface area (Å²) < 4.78 is 36.2. The van der Waals surface area contributed by atoms with Crippen LogP contribution in [0.3, 0.4) is 0 Å². The lowest BCUT2D eigenvalue weighted by Crippen LogP contribution is -2.22. The van der Waals surface area contributed by atoms with Crippen LogP contribution in [0.1, 0.15) is 28.9 Å². The third-order valence-corrected chi connectivity index (χ3v) is 1.89. The first-order valence-corrected chi connectivity index (χ1v) is 4.22. The van der Waals surface area contributed by atoms with Gasteiger partial charge in [0, 0.05) is 5.56 Å². The van der Waals surface area contributed by atoms with Crippen molar-refractivity contribution in [3.63, 3.8) is 0 Å². The van der Waals surface area contributed by atoms with Gasteiger partial charge in [0.15, 0.2) is 0 Å². The van der Waals surface area contributed by atoms with Crippen LogP contribution in [0.5, 0.6) is 0 Å². The fourth-order valence-electron chi connectivity index (χ4n) is 1.10. The van der Waals surface area contributed by atoms with Crippen molar-refractivity contribution < 1.29 is 23.1 Å². The predicted molar refractivity (Wildman–Crippen MR) is 47.5 cm³/mol. The molecule has 1 rings (SSSR count). The quantitative estimate of drug-likeness (QED) is 0.774. The molecule has 82 valence electrons. The van der Waals surface area contributed by atoms with Crippen LogP contribution in [0.15, 0.2) is 24.3 Å². The number of carbonyl (C=O) groups is 1. The molecule has 0 heterocycles. The average Bonchev–Trinajstić information content (AvgIpc) is 2.15. The summed E-state index contributed by atoms with van der Waals surface area (Å²) in [4.78, 5) is 10.8. The Balaban J connectivity index is 3.06. The van der Waals surface area contributed by atoms with Crippen molar-refractivity contribution in [3.05, 3.63) is 35.4 Å². The van der Waals surface area contributed by atoms with E-state index in [0.29, 0.717) is 0 Å². The van der Waals surface area contributed by atoms with Crippen LogP contribution in [-0.2, 0) is 0 Å². The minimum atomic E-state index is -4.88. The van der Waals surface area contributed by atoms with Crippen LogP contribution in [0.2, 0.25) is 0 Å². The Kier molecular flexibility index (Phi) is 3.14. The maximum absolute atomic E-state index is 12.1. The van der Waals surface area contributed by atoms with E-state index < -0.39 is 23.6 Å². The molecule has 0 radical (unpaired) electrons. The number of alkyl halides is 3. The maximum atomic E-state index is 12.1. The molecule has 0 saturated heterocycles. The minimum Gasteiger partial charge on any atom is -0.389 e. The first-order chi connectivity index (χ1) is 6.82. The first kappa shape index (κ1) is 11.7. The molecule has 0 aliphatic carbocycles. The molecule has 0 saturated carbocycles. The highest BCUT2D eigenvalue weighted by Crippen LogP contribution is 2.23. The SMILES string of the molecule is CC(O)c1cccc(C(=O)C(F)(F)F)c1. The Morgan fingerprint density at radius 3 is 2.47 bits per heavy atom. The Hall–Kier alpha value is -1.36. The highest BCUT2D eigenvalue weighted by atomic mass is 19.4. The number of carbonyl (C=O) groups excluding carboxylic acids is 1. The molecule has 0 spiro atoms. The molecule has 0 aliphatic heterocycles. The van der Waals surface area contributed by atoms with Crippen LogP contribution < -0.4 is 0 Å². The van der Waals surface area contributed by atoms with Gasteiger partial charge in [0.2, 0.25) is 0 Å². The number of aliphatic hydroxyl groups excluding tert-OH is 1. The molecule has 1 aromatic rings. The second kappa shape index (κ2) is 4.02. The van der Waals surface area contributed by atoms with Crippen molar-refractivity contribution >= 4 is 5.78 Å². The lowest BCUT2D eigenvalue weighted by molar-refractivity contribution is -0.0885. The average molecular weight is 218 g/mol. The summed E-state index contributed by atoms with van der Waals surface area (Å²) in [7, 11) is 0. The number of ketones is 1. The Morgan fingerprint density at radius 2 is 2.00 bits per heavy atom. The minimum absolute atomic E-state index is 0.283. The number of aliphatic hydroxyl groups is 1. The second-order valence-corrected chi connectivity index (χ2v) is 3.13. The van der Waals surface area contributed by atoms with E-state index in [0.717, 1.165) is 12.1 Å². The van der Waals surface area contributed by atoms with Crippen molar-refractivity contribution in [3.8, 4) is 0 Å². The number of benzene rings is 1. The summed E-state index contributed by atoms with van der Waals surface area (Å²) in [6.07, 6.45) is -5.77. The Morgan fingerprint density at radius 1 is 1.40 bits per heavy atom. The van der Waals surface area contributed by atoms with Crippen LogP contribution in [0.4, 0.5) is 13.2 Å². The van der Waals surface area contributed by atoms with Gasteiger partial charge in [-0.05, 0) is 18.6 Å². The molecule has 0 aliphatic rings. The van der Waals surface area contributed by atoms with Crippen LogP contribution in [-0.4, -0.2) is 17.1 Å². The first-order valence-electron chi connectivity index (χ1n) is 4.22. The highest BCUT2D eigenvalue weighted by molar-refractivity contribution is 6.00. The fourth-order valence-corrected chi connectivity index (χ4v) is 1.10. The monoisotopic (exact) mass is 218 g/mol. The molecular formula is C10H9F3O2. The molecule has 0 amide bonds. The number of halogens is 3. The molecule has 0 fully saturated rings. The van der Waals surface area contributed by atoms with Crippen molar-refractivity contribution in [1.82, 2.24) is 0 Å². The van der Waals surface area contributed by atoms with Gasteiger partial charge in [0.05, 0.1) is 6.10 Å². The number of hydrogen-bond donors (Lipinski definition) is 1. The van der Waals surface area contributed by atoms with Gasteiger partial charge in [-0.15, -0.1) is 0 Å². The van der Waals surface area contributed by atoms with E-state index in [4.69, 9.17) is 5.11 Å². The molecule has 1 atom stereocenters. The van der Waals surface area contributed by atoms with Crippen molar-refractivity contribution in [1.29, 1.82) is 0 Å². The van der Waals surface area contributed by atoms with Crippen molar-refractivity contribution in [2.45, 2.75) is 19.2 Å². The number of Topliss-reactive ketones (excluding diaryl/α,β-unsaturated/α-hetero) is 1. The van der Waals surface area contributed by atoms with Crippen LogP contribution >= 0.6 is 0 Å². The van der Waals surface area contributed by atoms with E-state index in [-0.39, 0.29) is 5.56 Å². The molecule has 1 aromatic carbocycles. The number of hydrogen-bond acceptors (Lipinski definition) is 2. The molecular weight excluding hydrogens is 209 g/mol. The summed E-state index contributed by atoms with van der Waals surface area (Å²) in [5.41, 5.74) is -0.175. The largest absolute Gasteiger partial charge is 0.454 e. The molecule has 1 N–H and O–H groups in total. The summed E-state index contributed by atoms with van der Waals surface area (Å²) in [6.45, 7) is 1.41. The van der Waals surface area contributed by atoms with E-state index in [1.165, 1.54) is 19.1 Å². The number of rotatable bonds is 2. The topological polar surface area (TPSA) is 37.3 Å². The summed E-state index contributed by atoms with van der Waals surface area (Å²) >= 11 is 0. The molecule has 2 nitrogen and oxygen atoms in total. The molecule has 1 unspecified atom stereocenters. The normalized spacial score (nSPS) is 13.7. The van der Waals surface area contributed by atoms with Crippen molar-refractivity contribution in [2.24, 2.45) is 0 Å². The fraction of sp³-hybridized carbons (Fsp3) is 0.300. The van der Waals surface area contributed by atoms with Gasteiger partial charge < -0.3 is 5.11 Å². The summed E-state index contributed by atoms with van der Waals surface area (Å²) in [5, 5.41) is 9.14. The molecule has 0 bridgehead atoms. The lowest BCUT2D eigenvalue weighted by Gasteiger charge is -2.08. The Bertz CT molecular complexity index is 369. The van der Waals surface area contributed by atoms with Gasteiger partial charge in [0.1, 0.15) is 0 Å². The van der Waals surface area contributed by atoms with E-state index in [9.17, 15) is 18.0 Å². The van der Waals surface area contributed by atoms with E-state index in [2.05, 4.69) is 0 Å².